The predicted molar refractivity (Wildman–Crippen MR) is 141 cm³/mol. The molecule has 0 amide bonds. The molecule has 0 atom stereocenters. The van der Waals surface area contributed by atoms with E-state index >= 15 is 0 Å². The minimum atomic E-state index is 0.885. The summed E-state index contributed by atoms with van der Waals surface area (Å²) in [5.74, 6) is 0. The van der Waals surface area contributed by atoms with Crippen LogP contribution in [0, 0.1) is 0 Å². The number of fused-ring (bicyclic) bond motifs is 2. The predicted octanol–water partition coefficient (Wildman–Crippen LogP) is 8.42. The molecule has 4 aromatic carbocycles. The van der Waals surface area contributed by atoms with Crippen molar-refractivity contribution in [3.63, 3.8) is 0 Å². The van der Waals surface area contributed by atoms with Crippen molar-refractivity contribution in [2.75, 3.05) is 0 Å². The quantitative estimate of drug-likeness (QED) is 0.247. The summed E-state index contributed by atoms with van der Waals surface area (Å²) in [6.45, 7) is 0. The molecule has 0 bridgehead atoms. The lowest BCUT2D eigenvalue weighted by Crippen LogP contribution is -1.91. The molecule has 34 heavy (non-hydrogen) atoms. The molecule has 6 rings (SSSR count). The first-order chi connectivity index (χ1) is 16.7. The van der Waals surface area contributed by atoms with Crippen molar-refractivity contribution in [1.82, 2.24) is 9.13 Å². The Balaban J connectivity index is 1.62. The Morgan fingerprint density at radius 2 is 0.794 bits per heavy atom. The van der Waals surface area contributed by atoms with Crippen molar-refractivity contribution in [1.29, 1.82) is 0 Å². The molecule has 0 saturated carbocycles. The molecule has 0 aliphatic rings. The number of hydrogen-bond acceptors (Lipinski definition) is 2. The molecule has 0 aliphatic heterocycles. The van der Waals surface area contributed by atoms with Gasteiger partial charge in [0.15, 0.2) is 0 Å². The smallest absolute Gasteiger partial charge is 0.119 e. The van der Waals surface area contributed by atoms with E-state index in [0.29, 0.717) is 0 Å². The molecule has 2 aromatic heterocycles. The van der Waals surface area contributed by atoms with Crippen molar-refractivity contribution >= 4 is 33.2 Å². The van der Waals surface area contributed by atoms with Crippen LogP contribution in [0.15, 0.2) is 119 Å². The maximum absolute atomic E-state index is 4.94. The number of nitrogens with zero attached hydrogens (tertiary/aromatic N) is 4. The van der Waals surface area contributed by atoms with E-state index in [1.807, 2.05) is 12.1 Å². The fourth-order valence-electron chi connectivity index (χ4n) is 4.90. The highest BCUT2D eigenvalue weighted by molar-refractivity contribution is 6.02. The van der Waals surface area contributed by atoms with Gasteiger partial charge in [0, 0.05) is 36.0 Å². The van der Waals surface area contributed by atoms with Gasteiger partial charge in [-0.15, -0.1) is 10.2 Å². The summed E-state index contributed by atoms with van der Waals surface area (Å²) in [5.41, 5.74) is 8.41. The summed E-state index contributed by atoms with van der Waals surface area (Å²) < 4.78 is 4.42. The van der Waals surface area contributed by atoms with E-state index in [1.54, 1.807) is 0 Å². The lowest BCUT2D eigenvalue weighted by atomic mass is 10.1. The largest absolute Gasteiger partial charge is 0.342 e. The van der Waals surface area contributed by atoms with Crippen molar-refractivity contribution in [2.45, 2.75) is 0 Å². The Kier molecular flexibility index (Phi) is 4.84. The monoisotopic (exact) mass is 440 g/mol. The molecule has 6 aromatic rings. The van der Waals surface area contributed by atoms with E-state index in [9.17, 15) is 0 Å². The number of hydrogen-bond donors (Lipinski definition) is 0. The number of benzene rings is 4. The summed E-state index contributed by atoms with van der Waals surface area (Å²) in [4.78, 5) is 0. The summed E-state index contributed by atoms with van der Waals surface area (Å²) in [7, 11) is 4.19. The zero-order valence-corrected chi connectivity index (χ0v) is 19.2. The van der Waals surface area contributed by atoms with E-state index < -0.39 is 0 Å². The number of para-hydroxylation sites is 2. The van der Waals surface area contributed by atoms with Crippen molar-refractivity contribution in [3.8, 4) is 22.5 Å². The minimum Gasteiger partial charge on any atom is -0.342 e. The van der Waals surface area contributed by atoms with E-state index in [0.717, 1.165) is 55.7 Å². The molecular formula is C30H24N4. The second-order valence-electron chi connectivity index (χ2n) is 8.48. The molecule has 0 radical (unpaired) electrons. The Morgan fingerprint density at radius 3 is 1.21 bits per heavy atom. The Labute approximate surface area is 198 Å². The van der Waals surface area contributed by atoms with E-state index in [1.165, 1.54) is 0 Å². The highest BCUT2D eigenvalue weighted by atomic mass is 15.2. The van der Waals surface area contributed by atoms with Crippen LogP contribution in [0.5, 0.6) is 0 Å². The van der Waals surface area contributed by atoms with Crippen molar-refractivity contribution < 1.29 is 0 Å². The number of rotatable bonds is 4. The minimum absolute atomic E-state index is 0.885. The van der Waals surface area contributed by atoms with E-state index in [2.05, 4.69) is 120 Å². The molecule has 0 saturated heterocycles. The van der Waals surface area contributed by atoms with Crippen LogP contribution in [0.25, 0.3) is 44.3 Å². The van der Waals surface area contributed by atoms with Gasteiger partial charge in [-0.1, -0.05) is 97.1 Å². The van der Waals surface area contributed by atoms with Crippen LogP contribution in [-0.4, -0.2) is 9.13 Å². The Hall–Kier alpha value is -4.44. The molecule has 0 fully saturated rings. The van der Waals surface area contributed by atoms with Crippen LogP contribution >= 0.6 is 0 Å². The van der Waals surface area contributed by atoms with Crippen molar-refractivity contribution in [3.05, 3.63) is 109 Å². The summed E-state index contributed by atoms with van der Waals surface area (Å²) in [6, 6.07) is 37.6. The molecule has 0 aliphatic carbocycles. The average molecular weight is 441 g/mol. The van der Waals surface area contributed by atoms with Crippen LogP contribution in [0.2, 0.25) is 0 Å². The fourth-order valence-corrected chi connectivity index (χ4v) is 4.90. The number of aromatic nitrogens is 2. The van der Waals surface area contributed by atoms with Crippen LogP contribution in [0.4, 0.5) is 11.4 Å². The molecule has 4 heteroatoms. The lowest BCUT2D eigenvalue weighted by Gasteiger charge is -2.06. The second kappa shape index (κ2) is 8.16. The van der Waals surface area contributed by atoms with Crippen LogP contribution in [0.3, 0.4) is 0 Å². The van der Waals surface area contributed by atoms with Gasteiger partial charge in [0.05, 0.1) is 22.4 Å². The van der Waals surface area contributed by atoms with Gasteiger partial charge >= 0.3 is 0 Å². The first-order valence-corrected chi connectivity index (χ1v) is 11.4. The highest BCUT2D eigenvalue weighted by Crippen LogP contribution is 2.43. The van der Waals surface area contributed by atoms with Gasteiger partial charge in [-0.05, 0) is 12.1 Å². The van der Waals surface area contributed by atoms with Gasteiger partial charge in [-0.2, -0.15) is 0 Å². The molecular weight excluding hydrogens is 416 g/mol. The summed E-state index contributed by atoms with van der Waals surface area (Å²) in [6.07, 6.45) is 0. The third-order valence-corrected chi connectivity index (χ3v) is 6.50. The van der Waals surface area contributed by atoms with E-state index in [-0.39, 0.29) is 0 Å². The highest BCUT2D eigenvalue weighted by Gasteiger charge is 2.19. The number of azo groups is 1. The van der Waals surface area contributed by atoms with E-state index in [4.69, 9.17) is 10.2 Å². The van der Waals surface area contributed by atoms with Gasteiger partial charge in [-0.3, -0.25) is 0 Å². The summed E-state index contributed by atoms with van der Waals surface area (Å²) >= 11 is 0. The van der Waals surface area contributed by atoms with Gasteiger partial charge in [-0.25, -0.2) is 0 Å². The zero-order chi connectivity index (χ0) is 23.1. The molecule has 0 N–H and O–H groups in total. The van der Waals surface area contributed by atoms with Crippen LogP contribution in [-0.2, 0) is 14.1 Å². The van der Waals surface area contributed by atoms with Crippen LogP contribution in [0.1, 0.15) is 0 Å². The molecule has 2 heterocycles. The first kappa shape index (κ1) is 20.2. The molecule has 4 nitrogen and oxygen atoms in total. The molecule has 0 unspecified atom stereocenters. The third-order valence-electron chi connectivity index (χ3n) is 6.50. The standard InChI is InChI=1S/C30H24N4/c1-33-25-19-11-9-17-23(25)27(29(33)21-13-5-3-6-14-21)31-32-28-24-18-10-12-20-26(24)34(2)30(28)22-15-7-4-8-16-22/h3-20H,1-2H3. The summed E-state index contributed by atoms with van der Waals surface area (Å²) in [5, 5.41) is 12.1. The fraction of sp³-hybridized carbons (Fsp3) is 0.0667. The lowest BCUT2D eigenvalue weighted by molar-refractivity contribution is 0.972. The normalized spacial score (nSPS) is 11.7. The maximum atomic E-state index is 4.94. The zero-order valence-electron chi connectivity index (χ0n) is 19.2. The van der Waals surface area contributed by atoms with Gasteiger partial charge < -0.3 is 9.13 Å². The first-order valence-electron chi connectivity index (χ1n) is 11.4. The topological polar surface area (TPSA) is 34.6 Å². The second-order valence-corrected chi connectivity index (χ2v) is 8.48. The molecule has 0 spiro atoms. The van der Waals surface area contributed by atoms with Crippen LogP contribution < -0.4 is 0 Å². The van der Waals surface area contributed by atoms with Gasteiger partial charge in [0.2, 0.25) is 0 Å². The number of aryl methyl sites for hydroxylation is 2. The van der Waals surface area contributed by atoms with Gasteiger partial charge in [0.1, 0.15) is 11.4 Å². The SMILES string of the molecule is Cn1c(-c2ccccc2)c(N=Nc2c(-c3ccccc3)n(C)c3ccccc23)c2ccccc21. The Morgan fingerprint density at radius 1 is 0.441 bits per heavy atom. The maximum Gasteiger partial charge on any atom is 0.119 e. The Bertz CT molecular complexity index is 1530. The third kappa shape index (κ3) is 3.15. The average Bonchev–Trinajstić information content (AvgIpc) is 3.34. The molecule has 164 valence electrons. The van der Waals surface area contributed by atoms with Gasteiger partial charge in [0.25, 0.3) is 0 Å². The van der Waals surface area contributed by atoms with Crippen molar-refractivity contribution in [2.24, 2.45) is 24.3 Å².